The first-order valence-electron chi connectivity index (χ1n) is 15.8. The van der Waals surface area contributed by atoms with Crippen molar-refractivity contribution in [2.24, 2.45) is 0 Å². The first-order chi connectivity index (χ1) is 22.1. The van der Waals surface area contributed by atoms with Gasteiger partial charge in [-0.05, 0) is 71.0 Å². The lowest BCUT2D eigenvalue weighted by atomic mass is 9.88. The van der Waals surface area contributed by atoms with Crippen LogP contribution >= 0.6 is 0 Å². The minimum Gasteiger partial charge on any atom is -0.457 e. The summed E-state index contributed by atoms with van der Waals surface area (Å²) in [6.45, 7) is 5.75. The van der Waals surface area contributed by atoms with Crippen molar-refractivity contribution < 1.29 is 14.3 Å². The molecule has 6 rings (SSSR count). The van der Waals surface area contributed by atoms with Gasteiger partial charge < -0.3 is 15.0 Å². The molecule has 0 spiro atoms. The van der Waals surface area contributed by atoms with Crippen molar-refractivity contribution in [2.75, 3.05) is 18.4 Å². The summed E-state index contributed by atoms with van der Waals surface area (Å²) >= 11 is 0. The molecule has 1 N–H and O–H groups in total. The number of amides is 2. The second kappa shape index (κ2) is 13.6. The molecular weight excluding hydrogens is 556 g/mol. The van der Waals surface area contributed by atoms with Gasteiger partial charge in [0.25, 0.3) is 5.91 Å². The lowest BCUT2D eigenvalue weighted by Gasteiger charge is -2.27. The molecule has 1 aliphatic rings. The number of para-hydroxylation sites is 3. The van der Waals surface area contributed by atoms with Crippen molar-refractivity contribution in [3.8, 4) is 33.8 Å². The molecule has 45 heavy (non-hydrogen) atoms. The number of carbonyl (C=O) groups excluding carboxylic acids is 2. The number of nitrogens with zero attached hydrogens (tertiary/aromatic N) is 1. The molecule has 1 atom stereocenters. The molecular formula is C40H38N2O3. The average molecular weight is 595 g/mol. The van der Waals surface area contributed by atoms with Crippen LogP contribution < -0.4 is 10.1 Å². The van der Waals surface area contributed by atoms with E-state index in [0.717, 1.165) is 65.7 Å². The zero-order valence-electron chi connectivity index (χ0n) is 25.8. The van der Waals surface area contributed by atoms with Crippen molar-refractivity contribution in [2.45, 2.75) is 39.0 Å². The summed E-state index contributed by atoms with van der Waals surface area (Å²) in [4.78, 5) is 30.3. The fourth-order valence-electron chi connectivity index (χ4n) is 6.26. The molecule has 0 saturated heterocycles. The van der Waals surface area contributed by atoms with Crippen LogP contribution in [0, 0.1) is 0 Å². The largest absolute Gasteiger partial charge is 0.457 e. The highest BCUT2D eigenvalue weighted by molar-refractivity contribution is 6.09. The summed E-state index contributed by atoms with van der Waals surface area (Å²) in [6, 6.07) is 39.0. The first-order valence-corrected chi connectivity index (χ1v) is 15.8. The summed E-state index contributed by atoms with van der Waals surface area (Å²) in [6.07, 6.45) is 2.91. The smallest absolute Gasteiger partial charge is 0.259 e. The van der Waals surface area contributed by atoms with Crippen LogP contribution in [0.25, 0.3) is 22.3 Å². The number of nitrogens with one attached hydrogen (secondary N) is 1. The minimum atomic E-state index is -0.417. The predicted molar refractivity (Wildman–Crippen MR) is 182 cm³/mol. The van der Waals surface area contributed by atoms with E-state index in [1.807, 2.05) is 89.8 Å². The van der Waals surface area contributed by atoms with Gasteiger partial charge >= 0.3 is 0 Å². The van der Waals surface area contributed by atoms with Crippen molar-refractivity contribution >= 4 is 17.5 Å². The predicted octanol–water partition coefficient (Wildman–Crippen LogP) is 9.55. The lowest BCUT2D eigenvalue weighted by Crippen LogP contribution is -2.36. The number of unbranched alkanes of at least 4 members (excludes halogenated alkanes) is 1. The Morgan fingerprint density at radius 1 is 0.667 bits per heavy atom. The number of anilines is 1. The second-order valence-electron chi connectivity index (χ2n) is 11.4. The van der Waals surface area contributed by atoms with E-state index in [1.165, 1.54) is 0 Å². The van der Waals surface area contributed by atoms with Gasteiger partial charge in [-0.25, -0.2) is 0 Å². The molecule has 0 radical (unpaired) electrons. The van der Waals surface area contributed by atoms with E-state index in [9.17, 15) is 9.59 Å². The monoisotopic (exact) mass is 594 g/mol. The molecule has 0 bridgehead atoms. The van der Waals surface area contributed by atoms with E-state index in [-0.39, 0.29) is 11.8 Å². The molecule has 5 aromatic rings. The Labute approximate surface area is 265 Å². The zero-order chi connectivity index (χ0) is 31.2. The minimum absolute atomic E-state index is 0.137. The highest BCUT2D eigenvalue weighted by atomic mass is 16.5. The number of hydrogen-bond donors (Lipinski definition) is 1. The average Bonchev–Trinajstić information content (AvgIpc) is 3.42. The Bertz CT molecular complexity index is 1810. The van der Waals surface area contributed by atoms with Crippen molar-refractivity contribution in [1.82, 2.24) is 4.90 Å². The summed E-state index contributed by atoms with van der Waals surface area (Å²) in [5.41, 5.74) is 7.10. The highest BCUT2D eigenvalue weighted by Gasteiger charge is 2.38. The molecule has 5 heteroatoms. The molecule has 1 aliphatic carbocycles. The number of ether oxygens (including phenoxy) is 1. The molecule has 0 aromatic heterocycles. The van der Waals surface area contributed by atoms with E-state index < -0.39 is 5.92 Å². The number of fused-ring (bicyclic) bond motifs is 3. The Balaban J connectivity index is 1.39. The van der Waals surface area contributed by atoms with Crippen molar-refractivity contribution in [3.63, 3.8) is 0 Å². The number of carbonyl (C=O) groups is 2. The SMILES string of the molecule is CCCCN(CCC)C(=O)C1c2ccccc2-c2cccc(-c3ccccc3NC(=O)c3ccccc3Oc3ccccc3)c21. The number of hydrogen-bond acceptors (Lipinski definition) is 3. The Morgan fingerprint density at radius 3 is 2.09 bits per heavy atom. The van der Waals surface area contributed by atoms with Crippen LogP contribution in [0.2, 0.25) is 0 Å². The standard InChI is InChI=1S/C40H38N2O3/c1-3-5-27-42(26-4-2)40(44)38-32-20-10-9-18-29(32)31-22-15-23-33(37(31)38)30-19-11-13-24-35(30)41-39(43)34-21-12-14-25-36(34)45-28-16-7-6-8-17-28/h6-25,38H,3-5,26-27H2,1-2H3,(H,41,43). The first kappa shape index (κ1) is 29.9. The van der Waals surface area contributed by atoms with Gasteiger partial charge in [0.2, 0.25) is 5.91 Å². The van der Waals surface area contributed by atoms with Crippen LogP contribution in [-0.2, 0) is 4.79 Å². The summed E-state index contributed by atoms with van der Waals surface area (Å²) in [5.74, 6) is 0.580. The maximum absolute atomic E-state index is 14.4. The van der Waals surface area contributed by atoms with Crippen LogP contribution in [0.4, 0.5) is 5.69 Å². The van der Waals surface area contributed by atoms with E-state index in [1.54, 1.807) is 12.1 Å². The summed E-state index contributed by atoms with van der Waals surface area (Å²) in [7, 11) is 0. The van der Waals surface area contributed by atoms with Crippen LogP contribution in [0.5, 0.6) is 11.5 Å². The Hall–Kier alpha value is -5.16. The van der Waals surface area contributed by atoms with Crippen molar-refractivity contribution in [1.29, 1.82) is 0 Å². The zero-order valence-corrected chi connectivity index (χ0v) is 25.8. The molecule has 5 nitrogen and oxygen atoms in total. The molecule has 0 aliphatic heterocycles. The quantitative estimate of drug-likeness (QED) is 0.166. The van der Waals surface area contributed by atoms with Crippen LogP contribution in [0.15, 0.2) is 121 Å². The van der Waals surface area contributed by atoms with Gasteiger partial charge in [-0.3, -0.25) is 9.59 Å². The van der Waals surface area contributed by atoms with Gasteiger partial charge in [0.05, 0.1) is 11.5 Å². The molecule has 0 heterocycles. The number of rotatable bonds is 11. The van der Waals surface area contributed by atoms with Gasteiger partial charge in [-0.2, -0.15) is 0 Å². The normalized spacial score (nSPS) is 13.1. The second-order valence-corrected chi connectivity index (χ2v) is 11.4. The van der Waals surface area contributed by atoms with Gasteiger partial charge in [-0.1, -0.05) is 111 Å². The fraction of sp³-hybridized carbons (Fsp3) is 0.200. The Morgan fingerprint density at radius 2 is 1.31 bits per heavy atom. The van der Waals surface area contributed by atoms with Crippen LogP contribution in [0.3, 0.4) is 0 Å². The summed E-state index contributed by atoms with van der Waals surface area (Å²) < 4.78 is 6.09. The van der Waals surface area contributed by atoms with Crippen molar-refractivity contribution in [3.05, 3.63) is 138 Å². The molecule has 1 unspecified atom stereocenters. The summed E-state index contributed by atoms with van der Waals surface area (Å²) in [5, 5.41) is 3.16. The van der Waals surface area contributed by atoms with Crippen LogP contribution in [-0.4, -0.2) is 29.8 Å². The maximum atomic E-state index is 14.4. The Kier molecular flexibility index (Phi) is 9.06. The molecule has 2 amide bonds. The van der Waals surface area contributed by atoms with E-state index in [4.69, 9.17) is 4.74 Å². The third-order valence-corrected chi connectivity index (χ3v) is 8.36. The third-order valence-electron chi connectivity index (χ3n) is 8.36. The van der Waals surface area contributed by atoms with Gasteiger partial charge in [-0.15, -0.1) is 0 Å². The van der Waals surface area contributed by atoms with Gasteiger partial charge in [0.1, 0.15) is 11.5 Å². The van der Waals surface area contributed by atoms with E-state index in [2.05, 4.69) is 43.4 Å². The van der Waals surface area contributed by atoms with Crippen LogP contribution in [0.1, 0.15) is 60.5 Å². The van der Waals surface area contributed by atoms with Gasteiger partial charge in [0, 0.05) is 24.3 Å². The van der Waals surface area contributed by atoms with E-state index >= 15 is 0 Å². The fourth-order valence-corrected chi connectivity index (χ4v) is 6.26. The lowest BCUT2D eigenvalue weighted by molar-refractivity contribution is -0.131. The number of benzene rings is 5. The van der Waals surface area contributed by atoms with E-state index in [0.29, 0.717) is 22.7 Å². The molecule has 0 saturated carbocycles. The maximum Gasteiger partial charge on any atom is 0.259 e. The molecule has 5 aromatic carbocycles. The van der Waals surface area contributed by atoms with Gasteiger partial charge in [0.15, 0.2) is 0 Å². The molecule has 226 valence electrons. The topological polar surface area (TPSA) is 58.6 Å². The molecule has 0 fully saturated rings. The third kappa shape index (κ3) is 6.12. The highest BCUT2D eigenvalue weighted by Crippen LogP contribution is 2.50.